The van der Waals surface area contributed by atoms with Crippen LogP contribution < -0.4 is 5.73 Å². The van der Waals surface area contributed by atoms with Crippen molar-refractivity contribution >= 4 is 5.65 Å². The highest BCUT2D eigenvalue weighted by molar-refractivity contribution is 5.70. The second-order valence-electron chi connectivity index (χ2n) is 4.29. The Hall–Kier alpha value is -2.20. The van der Waals surface area contributed by atoms with Crippen LogP contribution in [0.1, 0.15) is 11.1 Å². The molecule has 0 saturated heterocycles. The molecule has 0 aliphatic heterocycles. The molecule has 0 spiro atoms. The van der Waals surface area contributed by atoms with Gasteiger partial charge in [-0.15, -0.1) is 0 Å². The Morgan fingerprint density at radius 2 is 2.17 bits per heavy atom. The quantitative estimate of drug-likeness (QED) is 0.744. The van der Waals surface area contributed by atoms with Crippen LogP contribution in [0, 0.1) is 6.92 Å². The van der Waals surface area contributed by atoms with Crippen LogP contribution in [0.4, 0.5) is 0 Å². The van der Waals surface area contributed by atoms with Gasteiger partial charge in [0.1, 0.15) is 0 Å². The van der Waals surface area contributed by atoms with Gasteiger partial charge in [0.05, 0.1) is 5.69 Å². The first-order valence-corrected chi connectivity index (χ1v) is 5.89. The van der Waals surface area contributed by atoms with Gasteiger partial charge < -0.3 is 5.73 Å². The number of aryl methyl sites for hydroxylation is 1. The van der Waals surface area contributed by atoms with Crippen LogP contribution in [0.25, 0.3) is 16.9 Å². The Morgan fingerprint density at radius 3 is 2.94 bits per heavy atom. The van der Waals surface area contributed by atoms with Crippen LogP contribution in [0.3, 0.4) is 0 Å². The van der Waals surface area contributed by atoms with E-state index in [1.807, 2.05) is 24.4 Å². The van der Waals surface area contributed by atoms with E-state index in [0.717, 1.165) is 22.5 Å². The zero-order chi connectivity index (χ0) is 12.5. The van der Waals surface area contributed by atoms with Gasteiger partial charge in [-0.25, -0.2) is 9.50 Å². The van der Waals surface area contributed by atoms with Gasteiger partial charge in [0, 0.05) is 30.1 Å². The molecule has 0 fully saturated rings. The highest BCUT2D eigenvalue weighted by Gasteiger charge is 2.13. The molecule has 0 saturated carbocycles. The van der Waals surface area contributed by atoms with Gasteiger partial charge in [-0.05, 0) is 19.1 Å². The van der Waals surface area contributed by atoms with Gasteiger partial charge in [0.15, 0.2) is 5.65 Å². The number of benzene rings is 1. The summed E-state index contributed by atoms with van der Waals surface area (Å²) in [6, 6.07) is 10.1. The van der Waals surface area contributed by atoms with Crippen molar-refractivity contribution in [3.8, 4) is 11.3 Å². The van der Waals surface area contributed by atoms with Crippen molar-refractivity contribution in [1.82, 2.24) is 14.6 Å². The molecule has 2 N–H and O–H groups in total. The van der Waals surface area contributed by atoms with E-state index < -0.39 is 0 Å². The maximum Gasteiger partial charge on any atom is 0.160 e. The molecule has 90 valence electrons. The normalized spacial score (nSPS) is 11.0. The summed E-state index contributed by atoms with van der Waals surface area (Å²) in [6.07, 6.45) is 3.65. The minimum Gasteiger partial charge on any atom is -0.326 e. The first kappa shape index (κ1) is 10.9. The van der Waals surface area contributed by atoms with E-state index in [2.05, 4.69) is 29.1 Å². The molecule has 4 nitrogen and oxygen atoms in total. The fourth-order valence-electron chi connectivity index (χ4n) is 2.15. The van der Waals surface area contributed by atoms with Gasteiger partial charge in [-0.2, -0.15) is 5.10 Å². The molecule has 0 amide bonds. The minimum atomic E-state index is 0.434. The van der Waals surface area contributed by atoms with Gasteiger partial charge in [-0.3, -0.25) is 0 Å². The van der Waals surface area contributed by atoms with Crippen LogP contribution in [-0.2, 0) is 6.54 Å². The molecule has 0 aliphatic carbocycles. The molecule has 1 aromatic carbocycles. The van der Waals surface area contributed by atoms with Crippen molar-refractivity contribution < 1.29 is 0 Å². The predicted molar refractivity (Wildman–Crippen MR) is 71.1 cm³/mol. The lowest BCUT2D eigenvalue weighted by atomic mass is 10.1. The smallest absolute Gasteiger partial charge is 0.160 e. The summed E-state index contributed by atoms with van der Waals surface area (Å²) in [4.78, 5) is 4.34. The van der Waals surface area contributed by atoms with Gasteiger partial charge in [0.2, 0.25) is 0 Å². The zero-order valence-electron chi connectivity index (χ0n) is 10.2. The van der Waals surface area contributed by atoms with E-state index >= 15 is 0 Å². The summed E-state index contributed by atoms with van der Waals surface area (Å²) >= 11 is 0. The minimum absolute atomic E-state index is 0.434. The summed E-state index contributed by atoms with van der Waals surface area (Å²) in [7, 11) is 0. The molecule has 4 heteroatoms. The van der Waals surface area contributed by atoms with Crippen molar-refractivity contribution in [2.75, 3.05) is 0 Å². The molecule has 0 bridgehead atoms. The molecule has 2 heterocycles. The lowest BCUT2D eigenvalue weighted by Crippen LogP contribution is -1.98. The zero-order valence-corrected chi connectivity index (χ0v) is 10.2. The molecule has 18 heavy (non-hydrogen) atoms. The fraction of sp³-hybridized carbons (Fsp3) is 0.143. The monoisotopic (exact) mass is 238 g/mol. The third kappa shape index (κ3) is 1.67. The molecular weight excluding hydrogens is 224 g/mol. The summed E-state index contributed by atoms with van der Waals surface area (Å²) in [6.45, 7) is 2.50. The number of rotatable bonds is 2. The maximum atomic E-state index is 5.84. The summed E-state index contributed by atoms with van der Waals surface area (Å²) in [5.74, 6) is 0. The third-order valence-electron chi connectivity index (χ3n) is 2.99. The van der Waals surface area contributed by atoms with E-state index in [9.17, 15) is 0 Å². The Bertz CT molecular complexity index is 700. The number of nitrogens with two attached hydrogens (primary N) is 1. The molecule has 3 aromatic rings. The molecule has 0 radical (unpaired) electrons. The van der Waals surface area contributed by atoms with Crippen LogP contribution in [0.2, 0.25) is 0 Å². The first-order valence-electron chi connectivity index (χ1n) is 5.89. The third-order valence-corrected chi connectivity index (χ3v) is 2.99. The van der Waals surface area contributed by atoms with Gasteiger partial charge in [-0.1, -0.05) is 23.8 Å². The van der Waals surface area contributed by atoms with Crippen molar-refractivity contribution in [1.29, 1.82) is 0 Å². The molecule has 3 rings (SSSR count). The SMILES string of the molecule is Cc1cccc(-c2nn3cccnc3c2CN)c1. The average molecular weight is 238 g/mol. The van der Waals surface area contributed by atoms with Crippen LogP contribution in [-0.4, -0.2) is 14.6 Å². The second kappa shape index (κ2) is 4.23. The Morgan fingerprint density at radius 1 is 1.28 bits per heavy atom. The summed E-state index contributed by atoms with van der Waals surface area (Å²) < 4.78 is 1.78. The summed E-state index contributed by atoms with van der Waals surface area (Å²) in [5, 5.41) is 4.57. The number of hydrogen-bond donors (Lipinski definition) is 1. The van der Waals surface area contributed by atoms with E-state index in [0.29, 0.717) is 6.54 Å². The lowest BCUT2D eigenvalue weighted by molar-refractivity contribution is 0.942. The molecular formula is C14H14N4. The highest BCUT2D eigenvalue weighted by atomic mass is 15.2. The Balaban J connectivity index is 2.28. The molecule has 0 atom stereocenters. The van der Waals surface area contributed by atoms with Crippen LogP contribution >= 0.6 is 0 Å². The summed E-state index contributed by atoms with van der Waals surface area (Å²) in [5.41, 5.74) is 10.9. The predicted octanol–water partition coefficient (Wildman–Crippen LogP) is 2.16. The Kier molecular flexibility index (Phi) is 2.57. The van der Waals surface area contributed by atoms with E-state index in [-0.39, 0.29) is 0 Å². The van der Waals surface area contributed by atoms with Gasteiger partial charge in [0.25, 0.3) is 0 Å². The van der Waals surface area contributed by atoms with Crippen LogP contribution in [0.5, 0.6) is 0 Å². The number of hydrogen-bond acceptors (Lipinski definition) is 3. The van der Waals surface area contributed by atoms with E-state index in [4.69, 9.17) is 5.73 Å². The maximum absolute atomic E-state index is 5.84. The van der Waals surface area contributed by atoms with Crippen molar-refractivity contribution in [2.24, 2.45) is 5.73 Å². The van der Waals surface area contributed by atoms with Crippen molar-refractivity contribution in [3.63, 3.8) is 0 Å². The van der Waals surface area contributed by atoms with Crippen molar-refractivity contribution in [2.45, 2.75) is 13.5 Å². The number of fused-ring (bicyclic) bond motifs is 1. The second-order valence-corrected chi connectivity index (χ2v) is 4.29. The molecule has 0 unspecified atom stereocenters. The largest absolute Gasteiger partial charge is 0.326 e. The first-order chi connectivity index (χ1) is 8.79. The Labute approximate surface area is 105 Å². The van der Waals surface area contributed by atoms with Crippen molar-refractivity contribution in [3.05, 3.63) is 53.9 Å². The van der Waals surface area contributed by atoms with E-state index in [1.165, 1.54) is 5.56 Å². The topological polar surface area (TPSA) is 56.2 Å². The lowest BCUT2D eigenvalue weighted by Gasteiger charge is -2.01. The van der Waals surface area contributed by atoms with Crippen LogP contribution in [0.15, 0.2) is 42.7 Å². The van der Waals surface area contributed by atoms with E-state index in [1.54, 1.807) is 10.7 Å². The standard InChI is InChI=1S/C14H14N4/c1-10-4-2-5-11(8-10)13-12(9-15)14-16-6-3-7-18(14)17-13/h2-8H,9,15H2,1H3. The average Bonchev–Trinajstić information content (AvgIpc) is 2.77. The number of aromatic nitrogens is 3. The highest BCUT2D eigenvalue weighted by Crippen LogP contribution is 2.25. The van der Waals surface area contributed by atoms with Gasteiger partial charge >= 0.3 is 0 Å². The fourth-order valence-corrected chi connectivity index (χ4v) is 2.15. The molecule has 2 aromatic heterocycles. The number of nitrogens with zero attached hydrogens (tertiary/aromatic N) is 3. The molecule has 0 aliphatic rings.